The minimum Gasteiger partial charge on any atom is -0.464 e. The zero-order valence-corrected chi connectivity index (χ0v) is 11.2. The molecule has 0 saturated carbocycles. The number of fused-ring (bicyclic) bond motifs is 1. The summed E-state index contributed by atoms with van der Waals surface area (Å²) in [7, 11) is 0. The van der Waals surface area contributed by atoms with Crippen LogP contribution in [0.4, 0.5) is 5.69 Å². The number of amides is 1. The van der Waals surface area contributed by atoms with Crippen molar-refractivity contribution in [3.8, 4) is 0 Å². The minimum absolute atomic E-state index is 0.195. The number of thiophene rings is 1. The van der Waals surface area contributed by atoms with Crippen LogP contribution < -0.4 is 11.1 Å². The van der Waals surface area contributed by atoms with Crippen LogP contribution in [0, 0.1) is 0 Å². The van der Waals surface area contributed by atoms with E-state index in [1.165, 1.54) is 0 Å². The van der Waals surface area contributed by atoms with E-state index in [4.69, 9.17) is 10.5 Å². The van der Waals surface area contributed by atoms with Gasteiger partial charge in [0.05, 0.1) is 6.61 Å². The van der Waals surface area contributed by atoms with Gasteiger partial charge in [-0.15, -0.1) is 11.3 Å². The number of hydrogen-bond acceptors (Lipinski definition) is 5. The maximum Gasteiger partial charge on any atom is 0.332 e. The molecule has 6 heteroatoms. The van der Waals surface area contributed by atoms with Gasteiger partial charge in [-0.05, 0) is 42.0 Å². The van der Waals surface area contributed by atoms with Crippen LogP contribution in [0.25, 0.3) is 10.1 Å². The summed E-state index contributed by atoms with van der Waals surface area (Å²) in [4.78, 5) is 23.1. The highest BCUT2D eigenvalue weighted by molar-refractivity contribution is 7.17. The molecule has 1 heterocycles. The van der Waals surface area contributed by atoms with E-state index in [1.54, 1.807) is 24.3 Å². The zero-order chi connectivity index (χ0) is 13.8. The number of nitrogens with two attached hydrogens (primary N) is 1. The van der Waals surface area contributed by atoms with Crippen LogP contribution in [0.3, 0.4) is 0 Å². The first-order valence-corrected chi connectivity index (χ1v) is 6.70. The zero-order valence-electron chi connectivity index (χ0n) is 10.4. The first-order chi connectivity index (χ1) is 9.11. The number of anilines is 1. The Kier molecular flexibility index (Phi) is 4.13. The highest BCUT2D eigenvalue weighted by atomic mass is 32.1. The molecule has 1 aromatic heterocycles. The standard InChI is InChI=1S/C13H14N2O3S/c1-2-18-13(17)11(14)12(16)15-9-3-4-10-8(7-9)5-6-19-10/h3-7,11H,2,14H2,1H3,(H,15,16). The van der Waals surface area contributed by atoms with Gasteiger partial charge in [-0.25, -0.2) is 4.79 Å². The van der Waals surface area contributed by atoms with Gasteiger partial charge in [-0.1, -0.05) is 0 Å². The van der Waals surface area contributed by atoms with Crippen molar-refractivity contribution in [2.45, 2.75) is 13.0 Å². The molecular weight excluding hydrogens is 264 g/mol. The van der Waals surface area contributed by atoms with Crippen molar-refractivity contribution in [1.29, 1.82) is 0 Å². The molecule has 1 atom stereocenters. The van der Waals surface area contributed by atoms with Gasteiger partial charge in [0.15, 0.2) is 6.04 Å². The summed E-state index contributed by atoms with van der Waals surface area (Å²) < 4.78 is 5.83. The number of rotatable bonds is 4. The van der Waals surface area contributed by atoms with Crippen molar-refractivity contribution >= 4 is 39.0 Å². The quantitative estimate of drug-likeness (QED) is 0.659. The molecule has 0 aliphatic carbocycles. The Bertz CT molecular complexity index is 609. The number of carbonyl (C=O) groups excluding carboxylic acids is 2. The first kappa shape index (κ1) is 13.5. The number of ether oxygens (including phenoxy) is 1. The van der Waals surface area contributed by atoms with E-state index < -0.39 is 17.9 Å². The molecule has 0 fully saturated rings. The molecule has 5 nitrogen and oxygen atoms in total. The monoisotopic (exact) mass is 278 g/mol. The lowest BCUT2D eigenvalue weighted by Crippen LogP contribution is -2.43. The second-order valence-corrected chi connectivity index (χ2v) is 4.84. The van der Waals surface area contributed by atoms with E-state index in [1.807, 2.05) is 23.6 Å². The SMILES string of the molecule is CCOC(=O)C(N)C(=O)Nc1ccc2sccc2c1. The summed E-state index contributed by atoms with van der Waals surface area (Å²) >= 11 is 1.62. The van der Waals surface area contributed by atoms with Crippen molar-refractivity contribution in [2.75, 3.05) is 11.9 Å². The lowest BCUT2D eigenvalue weighted by molar-refractivity contribution is -0.146. The van der Waals surface area contributed by atoms with Crippen LogP contribution >= 0.6 is 11.3 Å². The predicted molar refractivity (Wildman–Crippen MR) is 75.1 cm³/mol. The summed E-state index contributed by atoms with van der Waals surface area (Å²) in [5.74, 6) is -1.30. The van der Waals surface area contributed by atoms with E-state index in [2.05, 4.69) is 5.32 Å². The van der Waals surface area contributed by atoms with E-state index in [0.717, 1.165) is 10.1 Å². The number of esters is 1. The Morgan fingerprint density at radius 2 is 2.21 bits per heavy atom. The molecule has 0 bridgehead atoms. The highest BCUT2D eigenvalue weighted by Gasteiger charge is 2.23. The molecule has 0 aliphatic heterocycles. The fourth-order valence-electron chi connectivity index (χ4n) is 1.60. The van der Waals surface area contributed by atoms with Gasteiger partial charge in [0.25, 0.3) is 5.91 Å². The van der Waals surface area contributed by atoms with Crippen molar-refractivity contribution in [2.24, 2.45) is 5.73 Å². The number of carbonyl (C=O) groups is 2. The predicted octanol–water partition coefficient (Wildman–Crippen LogP) is 1.73. The summed E-state index contributed by atoms with van der Waals surface area (Å²) in [5.41, 5.74) is 6.11. The fourth-order valence-corrected chi connectivity index (χ4v) is 2.37. The minimum atomic E-state index is -1.31. The van der Waals surface area contributed by atoms with Gasteiger partial charge < -0.3 is 15.8 Å². The molecule has 0 saturated heterocycles. The van der Waals surface area contributed by atoms with Crippen molar-refractivity contribution in [3.05, 3.63) is 29.6 Å². The van der Waals surface area contributed by atoms with Gasteiger partial charge in [-0.3, -0.25) is 4.79 Å². The van der Waals surface area contributed by atoms with Crippen molar-refractivity contribution < 1.29 is 14.3 Å². The van der Waals surface area contributed by atoms with Gasteiger partial charge in [0.1, 0.15) is 0 Å². The van der Waals surface area contributed by atoms with Crippen molar-refractivity contribution in [3.63, 3.8) is 0 Å². The first-order valence-electron chi connectivity index (χ1n) is 5.82. The Balaban J connectivity index is 2.07. The second-order valence-electron chi connectivity index (χ2n) is 3.89. The average Bonchev–Trinajstić information content (AvgIpc) is 2.85. The molecular formula is C13H14N2O3S. The van der Waals surface area contributed by atoms with Crippen LogP contribution in [0.5, 0.6) is 0 Å². The number of benzene rings is 1. The summed E-state index contributed by atoms with van der Waals surface area (Å²) in [6.07, 6.45) is 0. The lowest BCUT2D eigenvalue weighted by Gasteiger charge is -2.11. The Morgan fingerprint density at radius 3 is 2.95 bits per heavy atom. The third-order valence-corrected chi connectivity index (χ3v) is 3.44. The third kappa shape index (κ3) is 3.10. The Hall–Kier alpha value is -1.92. The largest absolute Gasteiger partial charge is 0.464 e. The maximum absolute atomic E-state index is 11.8. The summed E-state index contributed by atoms with van der Waals surface area (Å²) in [5, 5.41) is 5.61. The highest BCUT2D eigenvalue weighted by Crippen LogP contribution is 2.23. The molecule has 19 heavy (non-hydrogen) atoms. The topological polar surface area (TPSA) is 81.4 Å². The van der Waals surface area contributed by atoms with E-state index in [-0.39, 0.29) is 6.61 Å². The van der Waals surface area contributed by atoms with E-state index in [0.29, 0.717) is 5.69 Å². The van der Waals surface area contributed by atoms with Crippen LogP contribution in [-0.2, 0) is 14.3 Å². The van der Waals surface area contributed by atoms with Crippen LogP contribution in [0.15, 0.2) is 29.6 Å². The summed E-state index contributed by atoms with van der Waals surface area (Å²) in [6, 6.07) is 6.17. The summed E-state index contributed by atoms with van der Waals surface area (Å²) in [6.45, 7) is 1.85. The smallest absolute Gasteiger partial charge is 0.332 e. The van der Waals surface area contributed by atoms with E-state index >= 15 is 0 Å². The third-order valence-electron chi connectivity index (χ3n) is 2.54. The molecule has 0 spiro atoms. The van der Waals surface area contributed by atoms with Crippen LogP contribution in [0.1, 0.15) is 6.92 Å². The fraction of sp³-hybridized carbons (Fsp3) is 0.231. The average molecular weight is 278 g/mol. The molecule has 0 radical (unpaired) electrons. The molecule has 0 aliphatic rings. The van der Waals surface area contributed by atoms with E-state index in [9.17, 15) is 9.59 Å². The number of hydrogen-bond donors (Lipinski definition) is 2. The van der Waals surface area contributed by atoms with Gasteiger partial charge in [0, 0.05) is 10.4 Å². The normalized spacial score (nSPS) is 12.1. The van der Waals surface area contributed by atoms with Gasteiger partial charge in [0.2, 0.25) is 0 Å². The van der Waals surface area contributed by atoms with Crippen LogP contribution in [0.2, 0.25) is 0 Å². The Morgan fingerprint density at radius 1 is 1.42 bits per heavy atom. The lowest BCUT2D eigenvalue weighted by atomic mass is 10.2. The molecule has 1 unspecified atom stereocenters. The maximum atomic E-state index is 11.8. The second kappa shape index (κ2) is 5.81. The van der Waals surface area contributed by atoms with Gasteiger partial charge >= 0.3 is 5.97 Å². The molecule has 100 valence electrons. The molecule has 1 amide bonds. The molecule has 3 N–H and O–H groups in total. The van der Waals surface area contributed by atoms with Gasteiger partial charge in [-0.2, -0.15) is 0 Å². The number of nitrogens with one attached hydrogen (secondary N) is 1. The van der Waals surface area contributed by atoms with Crippen LogP contribution in [-0.4, -0.2) is 24.5 Å². The Labute approximate surface area is 114 Å². The molecule has 2 rings (SSSR count). The van der Waals surface area contributed by atoms with Crippen molar-refractivity contribution in [1.82, 2.24) is 0 Å². The molecule has 2 aromatic rings. The molecule has 1 aromatic carbocycles.